The number of halogens is 1. The number of carbonyl (C=O) groups is 1. The van der Waals surface area contributed by atoms with Crippen molar-refractivity contribution in [1.82, 2.24) is 9.62 Å². The lowest BCUT2D eigenvalue weighted by Gasteiger charge is -2.31. The fourth-order valence-electron chi connectivity index (χ4n) is 3.13. The van der Waals surface area contributed by atoms with Crippen LogP contribution in [0.1, 0.15) is 12.8 Å². The molecule has 0 saturated carbocycles. The summed E-state index contributed by atoms with van der Waals surface area (Å²) in [7, 11) is -3.62. The Morgan fingerprint density at radius 1 is 1.14 bits per heavy atom. The molecular weight excluding hydrogens is 416 g/mol. The third-order valence-corrected chi connectivity index (χ3v) is 7.76. The molecule has 2 aromatic carbocycles. The maximum atomic E-state index is 12.8. The minimum Gasteiger partial charge on any atom is -0.355 e. The molecule has 0 bridgehead atoms. The van der Waals surface area contributed by atoms with Crippen LogP contribution in [0.2, 0.25) is 5.02 Å². The van der Waals surface area contributed by atoms with Crippen LogP contribution in [-0.2, 0) is 14.8 Å². The number of rotatable bonds is 7. The first-order chi connectivity index (χ1) is 13.5. The molecule has 1 atom stereocenters. The van der Waals surface area contributed by atoms with E-state index in [1.165, 1.54) is 16.4 Å². The van der Waals surface area contributed by atoms with Crippen molar-refractivity contribution in [2.75, 3.05) is 25.4 Å². The van der Waals surface area contributed by atoms with E-state index >= 15 is 0 Å². The fraction of sp³-hybridized carbons (Fsp3) is 0.350. The Morgan fingerprint density at radius 3 is 2.57 bits per heavy atom. The third-order valence-electron chi connectivity index (χ3n) is 4.62. The van der Waals surface area contributed by atoms with Crippen LogP contribution in [0.5, 0.6) is 0 Å². The monoisotopic (exact) mass is 438 g/mol. The predicted octanol–water partition coefficient (Wildman–Crippen LogP) is 3.65. The number of hydrogen-bond donors (Lipinski definition) is 1. The largest absolute Gasteiger partial charge is 0.355 e. The Hall–Kier alpha value is -1.54. The number of piperidine rings is 1. The molecule has 5 nitrogen and oxygen atoms in total. The molecule has 0 spiro atoms. The first-order valence-corrected chi connectivity index (χ1v) is 12.0. The van der Waals surface area contributed by atoms with Gasteiger partial charge in [0, 0.05) is 35.3 Å². The number of benzene rings is 2. The van der Waals surface area contributed by atoms with Crippen molar-refractivity contribution in [3.63, 3.8) is 0 Å². The summed E-state index contributed by atoms with van der Waals surface area (Å²) in [6, 6.07) is 16.1. The average molecular weight is 439 g/mol. The molecule has 2 aromatic rings. The summed E-state index contributed by atoms with van der Waals surface area (Å²) in [5.41, 5.74) is 0. The summed E-state index contributed by atoms with van der Waals surface area (Å²) in [6.07, 6.45) is 1.37. The van der Waals surface area contributed by atoms with Crippen molar-refractivity contribution in [3.8, 4) is 0 Å². The molecule has 1 N–H and O–H groups in total. The Morgan fingerprint density at radius 2 is 1.86 bits per heavy atom. The molecule has 8 heteroatoms. The van der Waals surface area contributed by atoms with Crippen LogP contribution >= 0.6 is 23.4 Å². The van der Waals surface area contributed by atoms with Gasteiger partial charge in [-0.2, -0.15) is 4.31 Å². The number of nitrogens with zero attached hydrogens (tertiary/aromatic N) is 1. The number of hydrogen-bond acceptors (Lipinski definition) is 4. The van der Waals surface area contributed by atoms with Crippen molar-refractivity contribution >= 4 is 39.3 Å². The first-order valence-electron chi connectivity index (χ1n) is 9.18. The summed E-state index contributed by atoms with van der Waals surface area (Å²) in [5, 5.41) is 3.43. The van der Waals surface area contributed by atoms with Crippen molar-refractivity contribution in [1.29, 1.82) is 0 Å². The molecular formula is C20H23ClN2O3S2. The van der Waals surface area contributed by atoms with E-state index in [4.69, 9.17) is 11.6 Å². The molecule has 1 saturated heterocycles. The van der Waals surface area contributed by atoms with Crippen molar-refractivity contribution in [3.05, 3.63) is 59.6 Å². The lowest BCUT2D eigenvalue weighted by Crippen LogP contribution is -2.45. The van der Waals surface area contributed by atoms with E-state index < -0.39 is 10.0 Å². The highest BCUT2D eigenvalue weighted by Crippen LogP contribution is 2.25. The molecule has 3 rings (SSSR count). The lowest BCUT2D eigenvalue weighted by atomic mass is 9.99. The number of sulfonamides is 1. The van der Waals surface area contributed by atoms with Gasteiger partial charge in [-0.05, 0) is 49.2 Å². The molecule has 0 radical (unpaired) electrons. The van der Waals surface area contributed by atoms with Crippen LogP contribution < -0.4 is 5.32 Å². The van der Waals surface area contributed by atoms with Gasteiger partial charge in [-0.3, -0.25) is 4.79 Å². The predicted molar refractivity (Wildman–Crippen MR) is 113 cm³/mol. The van der Waals surface area contributed by atoms with Gasteiger partial charge in [-0.25, -0.2) is 8.42 Å². The average Bonchev–Trinajstić information content (AvgIpc) is 2.72. The molecule has 0 aliphatic carbocycles. The second kappa shape index (κ2) is 9.78. The molecule has 28 heavy (non-hydrogen) atoms. The second-order valence-corrected chi connectivity index (χ2v) is 10.2. The van der Waals surface area contributed by atoms with Crippen LogP contribution in [-0.4, -0.2) is 44.0 Å². The van der Waals surface area contributed by atoms with Crippen molar-refractivity contribution < 1.29 is 13.2 Å². The summed E-state index contributed by atoms with van der Waals surface area (Å²) in [6.45, 7) is 1.19. The topological polar surface area (TPSA) is 66.5 Å². The van der Waals surface area contributed by atoms with Crippen LogP contribution in [0.3, 0.4) is 0 Å². The standard InChI is InChI=1S/C20H23ClN2O3S2/c21-17-8-10-19(11-9-17)28(25,26)23-13-4-5-16(15-23)20(24)22-12-14-27-18-6-2-1-3-7-18/h1-3,6-11,16H,4-5,12-15H2,(H,22,24)/t16-/m1/s1. The third kappa shape index (κ3) is 5.50. The maximum Gasteiger partial charge on any atom is 0.243 e. The van der Waals surface area contributed by atoms with Crippen molar-refractivity contribution in [2.24, 2.45) is 5.92 Å². The van der Waals surface area contributed by atoms with Gasteiger partial charge in [-0.1, -0.05) is 29.8 Å². The molecule has 1 aliphatic heterocycles. The van der Waals surface area contributed by atoms with E-state index in [0.717, 1.165) is 10.6 Å². The van der Waals surface area contributed by atoms with E-state index in [0.29, 0.717) is 31.0 Å². The van der Waals surface area contributed by atoms with Gasteiger partial charge in [-0.15, -0.1) is 11.8 Å². The molecule has 0 aromatic heterocycles. The maximum absolute atomic E-state index is 12.8. The van der Waals surface area contributed by atoms with E-state index in [2.05, 4.69) is 5.32 Å². The van der Waals surface area contributed by atoms with Gasteiger partial charge >= 0.3 is 0 Å². The van der Waals surface area contributed by atoms with Gasteiger partial charge < -0.3 is 5.32 Å². The van der Waals surface area contributed by atoms with E-state index in [9.17, 15) is 13.2 Å². The first kappa shape index (κ1) is 21.2. The van der Waals surface area contributed by atoms with E-state index in [-0.39, 0.29) is 23.3 Å². The highest BCUT2D eigenvalue weighted by atomic mass is 35.5. The Kier molecular flexibility index (Phi) is 7.40. The quantitative estimate of drug-likeness (QED) is 0.529. The van der Waals surface area contributed by atoms with E-state index in [1.807, 2.05) is 30.3 Å². The molecule has 0 unspecified atom stereocenters. The van der Waals surface area contributed by atoms with Crippen LogP contribution in [0.25, 0.3) is 0 Å². The minimum absolute atomic E-state index is 0.0790. The number of thioether (sulfide) groups is 1. The highest BCUT2D eigenvalue weighted by Gasteiger charge is 2.33. The van der Waals surface area contributed by atoms with Gasteiger partial charge in [0.15, 0.2) is 0 Å². The Balaban J connectivity index is 1.52. The summed E-state index contributed by atoms with van der Waals surface area (Å²) in [4.78, 5) is 13.9. The summed E-state index contributed by atoms with van der Waals surface area (Å²) in [5.74, 6) is 0.372. The minimum atomic E-state index is -3.62. The van der Waals surface area contributed by atoms with Crippen LogP contribution in [0.15, 0.2) is 64.4 Å². The number of amides is 1. The normalized spacial score (nSPS) is 18.0. The van der Waals surface area contributed by atoms with Gasteiger partial charge in [0.2, 0.25) is 15.9 Å². The molecule has 1 heterocycles. The molecule has 150 valence electrons. The zero-order valence-corrected chi connectivity index (χ0v) is 17.8. The fourth-order valence-corrected chi connectivity index (χ4v) is 5.57. The van der Waals surface area contributed by atoms with Crippen molar-refractivity contribution in [2.45, 2.75) is 22.6 Å². The summed E-state index contributed by atoms with van der Waals surface area (Å²) >= 11 is 7.53. The Labute approximate surface area is 175 Å². The SMILES string of the molecule is O=C(NCCSc1ccccc1)[C@@H]1CCCN(S(=O)(=O)c2ccc(Cl)cc2)C1. The lowest BCUT2D eigenvalue weighted by molar-refractivity contribution is -0.125. The van der Waals surface area contributed by atoms with Crippen LogP contribution in [0, 0.1) is 5.92 Å². The summed E-state index contributed by atoms with van der Waals surface area (Å²) < 4.78 is 27.1. The van der Waals surface area contributed by atoms with Gasteiger partial charge in [0.25, 0.3) is 0 Å². The van der Waals surface area contributed by atoms with E-state index in [1.54, 1.807) is 23.9 Å². The number of nitrogens with one attached hydrogen (secondary N) is 1. The van der Waals surface area contributed by atoms with Gasteiger partial charge in [0.1, 0.15) is 0 Å². The molecule has 1 fully saturated rings. The Bertz CT molecular complexity index is 889. The smallest absolute Gasteiger partial charge is 0.243 e. The second-order valence-electron chi connectivity index (χ2n) is 6.61. The highest BCUT2D eigenvalue weighted by molar-refractivity contribution is 7.99. The van der Waals surface area contributed by atoms with Gasteiger partial charge in [0.05, 0.1) is 10.8 Å². The zero-order chi connectivity index (χ0) is 20.0. The molecule has 1 aliphatic rings. The molecule has 1 amide bonds. The zero-order valence-electron chi connectivity index (χ0n) is 15.4. The number of carbonyl (C=O) groups excluding carboxylic acids is 1. The van der Waals surface area contributed by atoms with Crippen LogP contribution in [0.4, 0.5) is 0 Å².